The van der Waals surface area contributed by atoms with Gasteiger partial charge in [-0.1, -0.05) is 38.2 Å². The third-order valence-corrected chi connectivity index (χ3v) is 5.32. The Kier molecular flexibility index (Phi) is 7.59. The van der Waals surface area contributed by atoms with E-state index in [1.165, 1.54) is 0 Å². The van der Waals surface area contributed by atoms with Crippen molar-refractivity contribution in [3.8, 4) is 0 Å². The van der Waals surface area contributed by atoms with E-state index in [0.29, 0.717) is 12.8 Å². The monoisotopic (exact) mass is 408 g/mol. The van der Waals surface area contributed by atoms with Gasteiger partial charge < -0.3 is 19.7 Å². The molecule has 0 bridgehead atoms. The average molecular weight is 408 g/mol. The van der Waals surface area contributed by atoms with Gasteiger partial charge in [-0.2, -0.15) is 0 Å². The molecular weight excluding hydrogens is 380 g/mol. The summed E-state index contributed by atoms with van der Waals surface area (Å²) in [5.41, 5.74) is -0.697. The van der Waals surface area contributed by atoms with E-state index in [9.17, 15) is 29.4 Å². The van der Waals surface area contributed by atoms with Crippen molar-refractivity contribution in [3.63, 3.8) is 0 Å². The molecule has 0 amide bonds. The van der Waals surface area contributed by atoms with Gasteiger partial charge in [-0.25, -0.2) is 0 Å². The highest BCUT2D eigenvalue weighted by molar-refractivity contribution is 5.82. The van der Waals surface area contributed by atoms with Crippen molar-refractivity contribution in [2.24, 2.45) is 29.1 Å². The van der Waals surface area contributed by atoms with E-state index in [-0.39, 0.29) is 26.1 Å². The van der Waals surface area contributed by atoms with Gasteiger partial charge >= 0.3 is 23.9 Å². The molecule has 0 spiro atoms. The summed E-state index contributed by atoms with van der Waals surface area (Å²) in [6.45, 7) is 3.41. The smallest absolute Gasteiger partial charge is 0.310 e. The molecular formula is C21H28O8. The summed E-state index contributed by atoms with van der Waals surface area (Å²) in [6, 6.07) is 0. The zero-order valence-corrected chi connectivity index (χ0v) is 16.7. The van der Waals surface area contributed by atoms with E-state index in [0.717, 1.165) is 0 Å². The normalized spacial score (nSPS) is 26.6. The number of allylic oxidation sites excluding steroid dienone is 4. The molecule has 2 N–H and O–H groups in total. The fourth-order valence-electron chi connectivity index (χ4n) is 3.48. The highest BCUT2D eigenvalue weighted by Crippen LogP contribution is 2.29. The predicted molar refractivity (Wildman–Crippen MR) is 102 cm³/mol. The van der Waals surface area contributed by atoms with Crippen LogP contribution in [0.2, 0.25) is 0 Å². The highest BCUT2D eigenvalue weighted by Gasteiger charge is 2.38. The van der Waals surface area contributed by atoms with Crippen LogP contribution in [0.25, 0.3) is 0 Å². The molecule has 0 aromatic rings. The van der Waals surface area contributed by atoms with Gasteiger partial charge in [-0.3, -0.25) is 19.2 Å². The second-order valence-corrected chi connectivity index (χ2v) is 8.37. The molecule has 4 unspecified atom stereocenters. The van der Waals surface area contributed by atoms with Crippen molar-refractivity contribution in [1.29, 1.82) is 0 Å². The molecule has 0 aromatic carbocycles. The van der Waals surface area contributed by atoms with Gasteiger partial charge in [0.05, 0.1) is 36.9 Å². The molecule has 29 heavy (non-hydrogen) atoms. The number of rotatable bonds is 8. The zero-order chi connectivity index (χ0) is 21.6. The van der Waals surface area contributed by atoms with E-state index in [2.05, 4.69) is 0 Å². The van der Waals surface area contributed by atoms with Gasteiger partial charge in [0, 0.05) is 5.41 Å². The van der Waals surface area contributed by atoms with Gasteiger partial charge in [0.15, 0.2) is 0 Å². The Morgan fingerprint density at radius 1 is 0.724 bits per heavy atom. The third-order valence-electron chi connectivity index (χ3n) is 5.32. The fourth-order valence-corrected chi connectivity index (χ4v) is 3.48. The number of aliphatic carboxylic acids is 2. The van der Waals surface area contributed by atoms with Crippen molar-refractivity contribution >= 4 is 23.9 Å². The number of carboxylic acids is 2. The SMILES string of the molecule is CC(C)(COC(=O)C1CC=CCC1C(=O)O)COC(=O)C1CC=CCC1C(=O)O. The van der Waals surface area contributed by atoms with Crippen molar-refractivity contribution in [2.45, 2.75) is 39.5 Å². The van der Waals surface area contributed by atoms with Crippen molar-refractivity contribution < 1.29 is 38.9 Å². The lowest BCUT2D eigenvalue weighted by molar-refractivity contribution is -0.165. The number of carbonyl (C=O) groups is 4. The minimum Gasteiger partial charge on any atom is -0.481 e. The summed E-state index contributed by atoms with van der Waals surface area (Å²) in [5.74, 6) is -6.30. The van der Waals surface area contributed by atoms with Gasteiger partial charge in [0.2, 0.25) is 0 Å². The molecule has 0 saturated heterocycles. The van der Waals surface area contributed by atoms with Crippen molar-refractivity contribution in [2.75, 3.05) is 13.2 Å². The summed E-state index contributed by atoms with van der Waals surface area (Å²) < 4.78 is 10.7. The van der Waals surface area contributed by atoms with Crippen LogP contribution in [0.15, 0.2) is 24.3 Å². The first-order valence-corrected chi connectivity index (χ1v) is 9.71. The quantitative estimate of drug-likeness (QED) is 0.463. The lowest BCUT2D eigenvalue weighted by Crippen LogP contribution is -2.37. The maximum atomic E-state index is 12.4. The summed E-state index contributed by atoms with van der Waals surface area (Å²) in [6.07, 6.45) is 8.25. The molecule has 0 heterocycles. The van der Waals surface area contributed by atoms with Crippen LogP contribution in [0.5, 0.6) is 0 Å². The van der Waals surface area contributed by atoms with Crippen molar-refractivity contribution in [1.82, 2.24) is 0 Å². The lowest BCUT2D eigenvalue weighted by atomic mass is 9.83. The number of ether oxygens (including phenoxy) is 2. The zero-order valence-electron chi connectivity index (χ0n) is 16.7. The molecule has 2 rings (SSSR count). The molecule has 2 aliphatic rings. The van der Waals surface area contributed by atoms with Gasteiger partial charge in [0.1, 0.15) is 0 Å². The van der Waals surface area contributed by atoms with E-state index in [1.54, 1.807) is 38.2 Å². The van der Waals surface area contributed by atoms with Crippen LogP contribution in [0.4, 0.5) is 0 Å². The van der Waals surface area contributed by atoms with Crippen LogP contribution in [0.1, 0.15) is 39.5 Å². The Morgan fingerprint density at radius 2 is 1.03 bits per heavy atom. The van der Waals surface area contributed by atoms with Crippen LogP contribution in [-0.2, 0) is 28.7 Å². The van der Waals surface area contributed by atoms with Crippen LogP contribution in [0.3, 0.4) is 0 Å². The number of hydrogen-bond donors (Lipinski definition) is 2. The topological polar surface area (TPSA) is 127 Å². The van der Waals surface area contributed by atoms with Gasteiger partial charge in [-0.05, 0) is 25.7 Å². The lowest BCUT2D eigenvalue weighted by Gasteiger charge is -2.29. The largest absolute Gasteiger partial charge is 0.481 e. The minimum atomic E-state index is -1.03. The van der Waals surface area contributed by atoms with Crippen LogP contribution in [-0.4, -0.2) is 47.3 Å². The Balaban J connectivity index is 1.86. The summed E-state index contributed by atoms with van der Waals surface area (Å²) in [4.78, 5) is 47.4. The average Bonchev–Trinajstić information content (AvgIpc) is 2.70. The first-order chi connectivity index (χ1) is 13.6. The second-order valence-electron chi connectivity index (χ2n) is 8.37. The number of carbonyl (C=O) groups excluding carboxylic acids is 2. The highest BCUT2D eigenvalue weighted by atomic mass is 16.5. The third kappa shape index (κ3) is 6.17. The summed E-state index contributed by atoms with van der Waals surface area (Å²) in [7, 11) is 0. The van der Waals surface area contributed by atoms with E-state index in [1.807, 2.05) is 0 Å². The van der Waals surface area contributed by atoms with Crippen molar-refractivity contribution in [3.05, 3.63) is 24.3 Å². The summed E-state index contributed by atoms with van der Waals surface area (Å²) >= 11 is 0. The van der Waals surface area contributed by atoms with Gasteiger partial charge in [-0.15, -0.1) is 0 Å². The minimum absolute atomic E-state index is 0.0431. The standard InChI is InChI=1S/C21H28O8/c1-21(2,11-28-19(26)15-9-5-3-7-13(15)17(22)23)12-29-20(27)16-10-6-4-8-14(16)18(24)25/h3-6,13-16H,7-12H2,1-2H3,(H,22,23)(H,24,25). The van der Waals surface area contributed by atoms with Crippen LogP contribution in [0, 0.1) is 29.1 Å². The molecule has 160 valence electrons. The molecule has 0 aromatic heterocycles. The Morgan fingerprint density at radius 3 is 1.34 bits per heavy atom. The molecule has 0 radical (unpaired) electrons. The van der Waals surface area contributed by atoms with E-state index >= 15 is 0 Å². The Bertz CT molecular complexity index is 647. The molecule has 0 fully saturated rings. The van der Waals surface area contributed by atoms with E-state index in [4.69, 9.17) is 9.47 Å². The number of carboxylic acid groups (broad SMARTS) is 2. The molecule has 0 aliphatic heterocycles. The van der Waals surface area contributed by atoms with E-state index < -0.39 is 53.0 Å². The molecule has 8 heteroatoms. The molecule has 8 nitrogen and oxygen atoms in total. The fraction of sp³-hybridized carbons (Fsp3) is 0.619. The summed E-state index contributed by atoms with van der Waals surface area (Å²) in [5, 5.41) is 18.5. The first kappa shape index (κ1) is 22.6. The number of esters is 2. The predicted octanol–water partition coefficient (Wildman–Crippen LogP) is 2.43. The maximum Gasteiger partial charge on any atom is 0.310 e. The maximum absolute atomic E-state index is 12.4. The van der Waals surface area contributed by atoms with Crippen LogP contribution < -0.4 is 0 Å². The first-order valence-electron chi connectivity index (χ1n) is 9.71. The number of hydrogen-bond acceptors (Lipinski definition) is 6. The Labute approximate surface area is 169 Å². The molecule has 0 saturated carbocycles. The second kappa shape index (κ2) is 9.71. The Hall–Kier alpha value is -2.64. The van der Waals surface area contributed by atoms with Gasteiger partial charge in [0.25, 0.3) is 0 Å². The molecule has 2 aliphatic carbocycles. The van der Waals surface area contributed by atoms with Crippen LogP contribution >= 0.6 is 0 Å². The molecule has 4 atom stereocenters.